The van der Waals surface area contributed by atoms with Gasteiger partial charge in [0.1, 0.15) is 5.82 Å². The minimum Gasteiger partial charge on any atom is -0.366 e. The lowest BCUT2D eigenvalue weighted by molar-refractivity contribution is 1.08. The molecule has 0 atom stereocenters. The summed E-state index contributed by atoms with van der Waals surface area (Å²) in [5, 5.41) is 7.26. The second-order valence-corrected chi connectivity index (χ2v) is 6.13. The fraction of sp³-hybridized carbons (Fsp3) is 0.158. The van der Waals surface area contributed by atoms with E-state index < -0.39 is 0 Å². The molecule has 3 rings (SSSR count). The van der Waals surface area contributed by atoms with Gasteiger partial charge in [-0.15, -0.1) is 0 Å². The maximum atomic E-state index is 5.99. The van der Waals surface area contributed by atoms with Gasteiger partial charge in [0, 0.05) is 23.5 Å². The molecule has 4 nitrogen and oxygen atoms in total. The maximum Gasteiger partial charge on any atom is 0.229 e. The van der Waals surface area contributed by atoms with Gasteiger partial charge in [0.25, 0.3) is 0 Å². The Labute approximate surface area is 146 Å². The zero-order valence-corrected chi connectivity index (χ0v) is 14.4. The minimum absolute atomic E-state index is 0.550. The van der Waals surface area contributed by atoms with Crippen LogP contribution in [0.1, 0.15) is 16.7 Å². The summed E-state index contributed by atoms with van der Waals surface area (Å²) < 4.78 is 0. The number of rotatable bonds is 5. The summed E-state index contributed by atoms with van der Waals surface area (Å²) in [6, 6.07) is 16.0. The fourth-order valence-corrected chi connectivity index (χ4v) is 2.53. The summed E-state index contributed by atoms with van der Waals surface area (Å²) in [7, 11) is 0. The molecule has 0 spiro atoms. The van der Waals surface area contributed by atoms with Crippen molar-refractivity contribution in [3.8, 4) is 0 Å². The first-order valence-corrected chi connectivity index (χ1v) is 8.13. The Morgan fingerprint density at radius 3 is 2.54 bits per heavy atom. The lowest BCUT2D eigenvalue weighted by Gasteiger charge is -2.10. The highest BCUT2D eigenvalue weighted by Crippen LogP contribution is 2.22. The SMILES string of the molecule is Cc1ccc(CNc2ccnc(Nc3ccc(Cl)cc3C)n2)cc1. The number of nitrogens with zero attached hydrogens (tertiary/aromatic N) is 2. The first kappa shape index (κ1) is 16.3. The van der Waals surface area contributed by atoms with Crippen LogP contribution in [0.2, 0.25) is 5.02 Å². The molecule has 1 aromatic heterocycles. The Kier molecular flexibility index (Phi) is 4.96. The summed E-state index contributed by atoms with van der Waals surface area (Å²) in [5.41, 5.74) is 4.45. The topological polar surface area (TPSA) is 49.8 Å². The first-order valence-electron chi connectivity index (χ1n) is 7.76. The standard InChI is InChI=1S/C19H19ClN4/c1-13-3-5-15(6-4-13)12-22-18-9-10-21-19(24-18)23-17-8-7-16(20)11-14(17)2/h3-11H,12H2,1-2H3,(H2,21,22,23,24). The molecular formula is C19H19ClN4. The molecule has 0 aliphatic rings. The molecule has 3 aromatic rings. The van der Waals surface area contributed by atoms with Gasteiger partial charge in [-0.25, -0.2) is 4.98 Å². The second-order valence-electron chi connectivity index (χ2n) is 5.69. The van der Waals surface area contributed by atoms with E-state index in [4.69, 9.17) is 11.6 Å². The molecule has 122 valence electrons. The van der Waals surface area contributed by atoms with Gasteiger partial charge in [-0.2, -0.15) is 4.98 Å². The average molecular weight is 339 g/mol. The third-order valence-corrected chi connectivity index (χ3v) is 3.92. The monoisotopic (exact) mass is 338 g/mol. The summed E-state index contributed by atoms with van der Waals surface area (Å²) >= 11 is 5.99. The molecule has 2 aromatic carbocycles. The van der Waals surface area contributed by atoms with E-state index in [1.54, 1.807) is 6.20 Å². The van der Waals surface area contributed by atoms with Crippen LogP contribution >= 0.6 is 11.6 Å². The van der Waals surface area contributed by atoms with E-state index in [-0.39, 0.29) is 0 Å². The number of halogens is 1. The largest absolute Gasteiger partial charge is 0.366 e. The smallest absolute Gasteiger partial charge is 0.229 e. The van der Waals surface area contributed by atoms with Crippen molar-refractivity contribution >= 4 is 29.1 Å². The highest BCUT2D eigenvalue weighted by Gasteiger charge is 2.03. The third kappa shape index (κ3) is 4.24. The highest BCUT2D eigenvalue weighted by molar-refractivity contribution is 6.30. The normalized spacial score (nSPS) is 10.5. The van der Waals surface area contributed by atoms with Crippen LogP contribution in [0.3, 0.4) is 0 Å². The number of aromatic nitrogens is 2. The van der Waals surface area contributed by atoms with E-state index in [2.05, 4.69) is 51.8 Å². The molecule has 2 N–H and O–H groups in total. The van der Waals surface area contributed by atoms with Crippen molar-refractivity contribution in [2.24, 2.45) is 0 Å². The molecule has 0 aliphatic heterocycles. The van der Waals surface area contributed by atoms with Crippen LogP contribution in [-0.2, 0) is 6.54 Å². The van der Waals surface area contributed by atoms with Crippen molar-refractivity contribution in [3.05, 3.63) is 76.4 Å². The Bertz CT molecular complexity index is 831. The number of anilines is 3. The molecule has 5 heteroatoms. The average Bonchev–Trinajstić information content (AvgIpc) is 2.57. The summed E-state index contributed by atoms with van der Waals surface area (Å²) in [6.07, 6.45) is 1.73. The van der Waals surface area contributed by atoms with E-state index >= 15 is 0 Å². The van der Waals surface area contributed by atoms with Crippen LogP contribution in [0.5, 0.6) is 0 Å². The molecule has 0 aliphatic carbocycles. The van der Waals surface area contributed by atoms with Gasteiger partial charge in [-0.1, -0.05) is 41.4 Å². The third-order valence-electron chi connectivity index (χ3n) is 3.68. The van der Waals surface area contributed by atoms with Gasteiger partial charge in [0.15, 0.2) is 0 Å². The zero-order chi connectivity index (χ0) is 16.9. The van der Waals surface area contributed by atoms with Gasteiger partial charge in [-0.05, 0) is 49.2 Å². The Morgan fingerprint density at radius 1 is 1.00 bits per heavy atom. The zero-order valence-electron chi connectivity index (χ0n) is 13.7. The maximum absolute atomic E-state index is 5.99. The summed E-state index contributed by atoms with van der Waals surface area (Å²) in [6.45, 7) is 4.79. The van der Waals surface area contributed by atoms with Gasteiger partial charge in [0.05, 0.1) is 0 Å². The summed E-state index contributed by atoms with van der Waals surface area (Å²) in [5.74, 6) is 1.33. The molecule has 0 radical (unpaired) electrons. The van der Waals surface area contributed by atoms with Crippen LogP contribution in [0, 0.1) is 13.8 Å². The lowest BCUT2D eigenvalue weighted by atomic mass is 10.1. The second kappa shape index (κ2) is 7.32. The molecule has 0 saturated heterocycles. The number of benzene rings is 2. The van der Waals surface area contributed by atoms with Gasteiger partial charge >= 0.3 is 0 Å². The van der Waals surface area contributed by atoms with Gasteiger partial charge in [0.2, 0.25) is 5.95 Å². The van der Waals surface area contributed by atoms with Crippen LogP contribution in [-0.4, -0.2) is 9.97 Å². The van der Waals surface area contributed by atoms with E-state index in [1.807, 2.05) is 31.2 Å². The molecule has 24 heavy (non-hydrogen) atoms. The van der Waals surface area contributed by atoms with Crippen LogP contribution in [0.15, 0.2) is 54.7 Å². The lowest BCUT2D eigenvalue weighted by Crippen LogP contribution is -2.04. The van der Waals surface area contributed by atoms with E-state index in [9.17, 15) is 0 Å². The Morgan fingerprint density at radius 2 is 1.79 bits per heavy atom. The summed E-state index contributed by atoms with van der Waals surface area (Å²) in [4.78, 5) is 8.77. The number of aryl methyl sites for hydroxylation is 2. The van der Waals surface area contributed by atoms with Crippen molar-refractivity contribution in [2.75, 3.05) is 10.6 Å². The van der Waals surface area contributed by atoms with Crippen molar-refractivity contribution in [1.82, 2.24) is 9.97 Å². The molecule has 0 fully saturated rings. The number of nitrogens with one attached hydrogen (secondary N) is 2. The molecule has 0 saturated carbocycles. The quantitative estimate of drug-likeness (QED) is 0.679. The predicted molar refractivity (Wildman–Crippen MR) is 100 cm³/mol. The van der Waals surface area contributed by atoms with E-state index in [0.29, 0.717) is 11.0 Å². The highest BCUT2D eigenvalue weighted by atomic mass is 35.5. The number of hydrogen-bond acceptors (Lipinski definition) is 4. The van der Waals surface area contributed by atoms with Crippen LogP contribution in [0.4, 0.5) is 17.5 Å². The number of hydrogen-bond donors (Lipinski definition) is 2. The van der Waals surface area contributed by atoms with Crippen molar-refractivity contribution in [2.45, 2.75) is 20.4 Å². The van der Waals surface area contributed by atoms with Crippen molar-refractivity contribution in [1.29, 1.82) is 0 Å². The van der Waals surface area contributed by atoms with Gasteiger partial charge < -0.3 is 10.6 Å². The van der Waals surface area contributed by atoms with E-state index in [1.165, 1.54) is 11.1 Å². The van der Waals surface area contributed by atoms with E-state index in [0.717, 1.165) is 23.6 Å². The molecule has 0 amide bonds. The van der Waals surface area contributed by atoms with Gasteiger partial charge in [-0.3, -0.25) is 0 Å². The Balaban J connectivity index is 1.68. The molecule has 1 heterocycles. The molecule has 0 unspecified atom stereocenters. The fourth-order valence-electron chi connectivity index (χ4n) is 2.30. The Hall–Kier alpha value is -2.59. The van der Waals surface area contributed by atoms with Crippen LogP contribution < -0.4 is 10.6 Å². The minimum atomic E-state index is 0.550. The predicted octanol–water partition coefficient (Wildman–Crippen LogP) is 5.10. The van der Waals surface area contributed by atoms with Crippen LogP contribution in [0.25, 0.3) is 0 Å². The first-order chi connectivity index (χ1) is 11.6. The van der Waals surface area contributed by atoms with Crippen molar-refractivity contribution in [3.63, 3.8) is 0 Å². The molecular weight excluding hydrogens is 320 g/mol. The van der Waals surface area contributed by atoms with Crippen molar-refractivity contribution < 1.29 is 0 Å². The molecule has 0 bridgehead atoms.